The Bertz CT molecular complexity index is 386. The Morgan fingerprint density at radius 2 is 2.00 bits per heavy atom. The Kier molecular flexibility index (Phi) is 1.83. The van der Waals surface area contributed by atoms with Crippen LogP contribution in [-0.2, 0) is 0 Å². The van der Waals surface area contributed by atoms with Crippen molar-refractivity contribution in [3.63, 3.8) is 0 Å². The molecule has 0 radical (unpaired) electrons. The average molecular weight is 178 g/mol. The van der Waals surface area contributed by atoms with Crippen molar-refractivity contribution in [2.45, 2.75) is 0 Å². The number of methoxy groups -OCH3 is 1. The van der Waals surface area contributed by atoms with E-state index in [9.17, 15) is 0 Å². The summed E-state index contributed by atoms with van der Waals surface area (Å²) in [6.07, 6.45) is 4.41. The molecular formula is C6H6N6O. The Morgan fingerprint density at radius 1 is 1.23 bits per heavy atom. The first-order valence-electron chi connectivity index (χ1n) is 3.50. The van der Waals surface area contributed by atoms with Gasteiger partial charge in [-0.15, -0.1) is 4.80 Å². The van der Waals surface area contributed by atoms with Crippen LogP contribution in [0, 0.1) is 0 Å². The summed E-state index contributed by atoms with van der Waals surface area (Å²) in [6, 6.07) is 0.238. The van der Waals surface area contributed by atoms with Crippen LogP contribution in [0.25, 0.3) is 5.95 Å². The van der Waals surface area contributed by atoms with Crippen molar-refractivity contribution >= 4 is 0 Å². The summed E-state index contributed by atoms with van der Waals surface area (Å²) in [7, 11) is 1.48. The fraction of sp³-hybridized carbons (Fsp3) is 0.167. The predicted octanol–water partition coefficient (Wildman–Crippen LogP) is -0.539. The number of nitrogens with zero attached hydrogens (tertiary/aromatic N) is 6. The van der Waals surface area contributed by atoms with E-state index in [1.165, 1.54) is 30.6 Å². The first-order valence-corrected chi connectivity index (χ1v) is 3.50. The minimum Gasteiger partial charge on any atom is -0.467 e. The van der Waals surface area contributed by atoms with Gasteiger partial charge < -0.3 is 4.74 Å². The zero-order valence-electron chi connectivity index (χ0n) is 6.82. The van der Waals surface area contributed by atoms with E-state index < -0.39 is 0 Å². The lowest BCUT2D eigenvalue weighted by atomic mass is 10.9. The molecule has 0 bridgehead atoms. The first-order chi connectivity index (χ1) is 6.40. The van der Waals surface area contributed by atoms with Crippen LogP contribution in [0.15, 0.2) is 18.7 Å². The first kappa shape index (κ1) is 7.59. The Morgan fingerprint density at radius 3 is 2.69 bits per heavy atom. The Balaban J connectivity index is 2.41. The van der Waals surface area contributed by atoms with Crippen molar-refractivity contribution in [3.05, 3.63) is 18.7 Å². The summed E-state index contributed by atoms with van der Waals surface area (Å²) in [5.41, 5.74) is 0. The van der Waals surface area contributed by atoms with Crippen molar-refractivity contribution in [3.8, 4) is 12.0 Å². The molecule has 0 amide bonds. The molecule has 0 aliphatic rings. The van der Waals surface area contributed by atoms with Gasteiger partial charge in [-0.3, -0.25) is 0 Å². The molecule has 0 atom stereocenters. The molecule has 2 aromatic rings. The van der Waals surface area contributed by atoms with Crippen molar-refractivity contribution in [1.82, 2.24) is 29.9 Å². The molecule has 0 unspecified atom stereocenters. The second-order valence-corrected chi connectivity index (χ2v) is 2.09. The molecular weight excluding hydrogens is 172 g/mol. The van der Waals surface area contributed by atoms with Crippen LogP contribution in [0.4, 0.5) is 0 Å². The highest BCUT2D eigenvalue weighted by Crippen LogP contribution is 2.00. The molecule has 0 saturated carbocycles. The Labute approximate surface area is 73.4 Å². The molecule has 7 nitrogen and oxygen atoms in total. The highest BCUT2D eigenvalue weighted by molar-refractivity contribution is 5.06. The summed E-state index contributed by atoms with van der Waals surface area (Å²) >= 11 is 0. The van der Waals surface area contributed by atoms with Crippen LogP contribution in [-0.4, -0.2) is 37.1 Å². The minimum atomic E-state index is 0.238. The number of hydrogen-bond donors (Lipinski definition) is 0. The smallest absolute Gasteiger partial charge is 0.321 e. The van der Waals surface area contributed by atoms with Gasteiger partial charge in [-0.05, 0) is 0 Å². The van der Waals surface area contributed by atoms with Gasteiger partial charge in [-0.2, -0.15) is 25.1 Å². The molecule has 0 N–H and O–H groups in total. The third-order valence-corrected chi connectivity index (χ3v) is 1.32. The van der Waals surface area contributed by atoms with Crippen molar-refractivity contribution in [2.24, 2.45) is 0 Å². The molecule has 0 aliphatic heterocycles. The number of aromatic nitrogens is 6. The maximum atomic E-state index is 4.82. The normalized spacial score (nSPS) is 9.92. The largest absolute Gasteiger partial charge is 0.467 e. The summed E-state index contributed by atoms with van der Waals surface area (Å²) in [5.74, 6) is 0.330. The van der Waals surface area contributed by atoms with Crippen molar-refractivity contribution in [1.29, 1.82) is 0 Å². The second kappa shape index (κ2) is 3.13. The van der Waals surface area contributed by atoms with Gasteiger partial charge in [0.15, 0.2) is 0 Å². The van der Waals surface area contributed by atoms with Gasteiger partial charge in [0.05, 0.1) is 19.5 Å². The highest BCUT2D eigenvalue weighted by atomic mass is 16.5. The van der Waals surface area contributed by atoms with E-state index in [1.54, 1.807) is 0 Å². The van der Waals surface area contributed by atoms with Crippen molar-refractivity contribution < 1.29 is 4.74 Å². The van der Waals surface area contributed by atoms with Crippen LogP contribution in [0.2, 0.25) is 0 Å². The summed E-state index contributed by atoms with van der Waals surface area (Å²) in [6.45, 7) is 0. The molecule has 2 rings (SSSR count). The lowest BCUT2D eigenvalue weighted by Crippen LogP contribution is -2.06. The topological polar surface area (TPSA) is 78.6 Å². The third-order valence-electron chi connectivity index (χ3n) is 1.32. The van der Waals surface area contributed by atoms with E-state index in [0.717, 1.165) is 0 Å². The lowest BCUT2D eigenvalue weighted by Gasteiger charge is -1.98. The number of hydrogen-bond acceptors (Lipinski definition) is 6. The molecule has 66 valence electrons. The van der Waals surface area contributed by atoms with Gasteiger partial charge in [-0.25, -0.2) is 0 Å². The molecule has 13 heavy (non-hydrogen) atoms. The predicted molar refractivity (Wildman–Crippen MR) is 41.3 cm³/mol. The van der Waals surface area contributed by atoms with E-state index >= 15 is 0 Å². The monoisotopic (exact) mass is 178 g/mol. The fourth-order valence-electron chi connectivity index (χ4n) is 0.787. The third kappa shape index (κ3) is 1.43. The van der Waals surface area contributed by atoms with E-state index in [1.807, 2.05) is 0 Å². The molecule has 0 saturated heterocycles. The average Bonchev–Trinajstić information content (AvgIpc) is 2.71. The summed E-state index contributed by atoms with van der Waals surface area (Å²) < 4.78 is 4.82. The van der Waals surface area contributed by atoms with Gasteiger partial charge >= 0.3 is 6.01 Å². The molecule has 0 aliphatic carbocycles. The maximum Gasteiger partial charge on any atom is 0.321 e. The van der Waals surface area contributed by atoms with Crippen LogP contribution in [0.1, 0.15) is 0 Å². The van der Waals surface area contributed by atoms with E-state index in [-0.39, 0.29) is 6.01 Å². The van der Waals surface area contributed by atoms with Crippen LogP contribution < -0.4 is 4.74 Å². The number of rotatable bonds is 2. The van der Waals surface area contributed by atoms with Gasteiger partial charge in [0.2, 0.25) is 0 Å². The van der Waals surface area contributed by atoms with E-state index in [0.29, 0.717) is 5.95 Å². The van der Waals surface area contributed by atoms with E-state index in [2.05, 4.69) is 25.1 Å². The number of ether oxygens (including phenoxy) is 1. The molecule has 7 heteroatoms. The zero-order chi connectivity index (χ0) is 9.10. The van der Waals surface area contributed by atoms with Gasteiger partial charge in [-0.1, -0.05) is 0 Å². The fourth-order valence-corrected chi connectivity index (χ4v) is 0.787. The minimum absolute atomic E-state index is 0.238. The standard InChI is InChI=1S/C6H6N6O/c1-13-6-8-4-7-5(11-6)12-9-2-3-10-12/h2-4H,1H3. The summed E-state index contributed by atoms with van der Waals surface area (Å²) in [5, 5.41) is 7.72. The quantitative estimate of drug-likeness (QED) is 0.614. The van der Waals surface area contributed by atoms with Gasteiger partial charge in [0.1, 0.15) is 6.33 Å². The molecule has 2 aromatic heterocycles. The van der Waals surface area contributed by atoms with Crippen LogP contribution >= 0.6 is 0 Å². The van der Waals surface area contributed by atoms with Crippen molar-refractivity contribution in [2.75, 3.05) is 7.11 Å². The summed E-state index contributed by atoms with van der Waals surface area (Å²) in [4.78, 5) is 12.8. The molecule has 2 heterocycles. The molecule has 0 spiro atoms. The Hall–Kier alpha value is -2.05. The SMILES string of the molecule is COc1ncnc(-n2nccn2)n1. The lowest BCUT2D eigenvalue weighted by molar-refractivity contribution is 0.376. The van der Waals surface area contributed by atoms with Gasteiger partial charge in [0.25, 0.3) is 5.95 Å². The maximum absolute atomic E-state index is 4.82. The second-order valence-electron chi connectivity index (χ2n) is 2.09. The van der Waals surface area contributed by atoms with Crippen LogP contribution in [0.5, 0.6) is 6.01 Å². The molecule has 0 aromatic carbocycles. The highest BCUT2D eigenvalue weighted by Gasteiger charge is 2.02. The van der Waals surface area contributed by atoms with E-state index in [4.69, 9.17) is 4.74 Å². The zero-order valence-corrected chi connectivity index (χ0v) is 6.82. The molecule has 0 fully saturated rings. The van der Waals surface area contributed by atoms with Crippen LogP contribution in [0.3, 0.4) is 0 Å². The van der Waals surface area contributed by atoms with Gasteiger partial charge in [0, 0.05) is 0 Å².